The van der Waals surface area contributed by atoms with Crippen LogP contribution in [0.5, 0.6) is 0 Å². The van der Waals surface area contributed by atoms with Crippen LogP contribution in [0.25, 0.3) is 0 Å². The lowest BCUT2D eigenvalue weighted by Crippen LogP contribution is -2.52. The molecular weight excluding hydrogens is 362 g/mol. The van der Waals surface area contributed by atoms with Gasteiger partial charge in [0, 0.05) is 19.3 Å². The molecule has 0 radical (unpaired) electrons. The predicted molar refractivity (Wildman–Crippen MR) is 130 cm³/mol. The van der Waals surface area contributed by atoms with Crippen LogP contribution >= 0.6 is 0 Å². The number of rotatable bonds is 13. The normalized spacial score (nSPS) is 11.5. The van der Waals surface area contributed by atoms with Crippen LogP contribution < -0.4 is 0 Å². The Hall–Kier alpha value is -2.38. The zero-order valence-corrected chi connectivity index (χ0v) is 18.7. The van der Waals surface area contributed by atoms with Crippen LogP contribution in [0.3, 0.4) is 0 Å². The summed E-state index contributed by atoms with van der Waals surface area (Å²) >= 11 is 0. The first-order chi connectivity index (χ1) is 14.8. The van der Waals surface area contributed by atoms with Gasteiger partial charge >= 0.3 is 0 Å². The minimum atomic E-state index is 1.16. The molecule has 158 valence electrons. The molecule has 3 aromatic carbocycles. The number of nitrogens with zero attached hydrogens (tertiary/aromatic N) is 1. The highest BCUT2D eigenvalue weighted by Crippen LogP contribution is 2.18. The van der Waals surface area contributed by atoms with Crippen molar-refractivity contribution < 1.29 is 4.48 Å². The first kappa shape index (κ1) is 22.3. The van der Waals surface area contributed by atoms with Crippen molar-refractivity contribution in [2.24, 2.45) is 0 Å². The monoisotopic (exact) mass is 400 g/mol. The van der Waals surface area contributed by atoms with E-state index in [4.69, 9.17) is 0 Å². The third-order valence-corrected chi connectivity index (χ3v) is 6.39. The maximum absolute atomic E-state index is 2.31. The first-order valence-electron chi connectivity index (χ1n) is 11.8. The molecule has 0 heterocycles. The van der Waals surface area contributed by atoms with E-state index in [0.29, 0.717) is 0 Å². The van der Waals surface area contributed by atoms with Gasteiger partial charge in [0.25, 0.3) is 0 Å². The van der Waals surface area contributed by atoms with Crippen LogP contribution in [-0.4, -0.2) is 30.7 Å². The maximum atomic E-state index is 2.31. The SMILES string of the molecule is CCCCC[N+](CCc1ccccc1)(CCc1ccccc1)CCc1ccccc1. The molecule has 0 bridgehead atoms. The highest BCUT2D eigenvalue weighted by molar-refractivity contribution is 5.16. The van der Waals surface area contributed by atoms with Gasteiger partial charge in [-0.25, -0.2) is 0 Å². The van der Waals surface area contributed by atoms with E-state index in [-0.39, 0.29) is 0 Å². The molecular formula is C29H38N+. The summed E-state index contributed by atoms with van der Waals surface area (Å²) in [6.07, 6.45) is 7.44. The number of hydrogen-bond acceptors (Lipinski definition) is 0. The van der Waals surface area contributed by atoms with Crippen molar-refractivity contribution in [1.29, 1.82) is 0 Å². The lowest BCUT2D eigenvalue weighted by molar-refractivity contribution is -0.928. The second-order valence-corrected chi connectivity index (χ2v) is 8.65. The summed E-state index contributed by atoms with van der Waals surface area (Å²) in [5.74, 6) is 0. The average Bonchev–Trinajstić information content (AvgIpc) is 2.82. The molecule has 1 nitrogen and oxygen atoms in total. The quantitative estimate of drug-likeness (QED) is 0.221. The zero-order valence-electron chi connectivity index (χ0n) is 18.7. The number of unbranched alkanes of at least 4 members (excludes halogenated alkanes) is 2. The van der Waals surface area contributed by atoms with Gasteiger partial charge in [-0.2, -0.15) is 0 Å². The van der Waals surface area contributed by atoms with Crippen LogP contribution in [0.4, 0.5) is 0 Å². The molecule has 0 N–H and O–H groups in total. The van der Waals surface area contributed by atoms with E-state index in [1.165, 1.54) is 66.6 Å². The summed E-state index contributed by atoms with van der Waals surface area (Å²) in [4.78, 5) is 0. The lowest BCUT2D eigenvalue weighted by Gasteiger charge is -2.39. The van der Waals surface area contributed by atoms with Crippen LogP contribution in [0.1, 0.15) is 42.9 Å². The Labute approximate surface area is 184 Å². The molecule has 0 unspecified atom stereocenters. The van der Waals surface area contributed by atoms with Gasteiger partial charge in [-0.05, 0) is 29.5 Å². The number of quaternary nitrogens is 1. The van der Waals surface area contributed by atoms with E-state index < -0.39 is 0 Å². The van der Waals surface area contributed by atoms with E-state index in [1.807, 2.05) is 0 Å². The fourth-order valence-corrected chi connectivity index (χ4v) is 4.40. The third kappa shape index (κ3) is 7.46. The van der Waals surface area contributed by atoms with Crippen molar-refractivity contribution in [3.63, 3.8) is 0 Å². The zero-order chi connectivity index (χ0) is 20.9. The molecule has 0 saturated carbocycles. The summed E-state index contributed by atoms with van der Waals surface area (Å²) in [6.45, 7) is 7.29. The molecule has 1 heteroatoms. The highest BCUT2D eigenvalue weighted by Gasteiger charge is 2.26. The van der Waals surface area contributed by atoms with Crippen molar-refractivity contribution in [2.75, 3.05) is 26.2 Å². The van der Waals surface area contributed by atoms with Gasteiger partial charge in [-0.3, -0.25) is 0 Å². The molecule has 0 aliphatic carbocycles. The molecule has 0 amide bonds. The Kier molecular flexibility index (Phi) is 9.18. The van der Waals surface area contributed by atoms with Crippen LogP contribution in [-0.2, 0) is 19.3 Å². The fourth-order valence-electron chi connectivity index (χ4n) is 4.40. The number of benzene rings is 3. The molecule has 3 aromatic rings. The van der Waals surface area contributed by atoms with E-state index in [1.54, 1.807) is 0 Å². The summed E-state index contributed by atoms with van der Waals surface area (Å²) in [7, 11) is 0. The molecule has 0 atom stereocenters. The standard InChI is InChI=1S/C29H38N/c1-2-3-13-23-30(24-20-27-14-7-4-8-15-27,25-21-28-16-9-5-10-17-28)26-22-29-18-11-6-12-19-29/h4-12,14-19H,2-3,13,20-26H2,1H3/q+1. The second-order valence-electron chi connectivity index (χ2n) is 8.65. The molecule has 0 aromatic heterocycles. The minimum Gasteiger partial charge on any atom is -0.323 e. The molecule has 0 aliphatic rings. The second kappa shape index (κ2) is 12.3. The van der Waals surface area contributed by atoms with Crippen molar-refractivity contribution in [3.8, 4) is 0 Å². The minimum absolute atomic E-state index is 1.16. The van der Waals surface area contributed by atoms with Gasteiger partial charge in [-0.1, -0.05) is 104 Å². The van der Waals surface area contributed by atoms with Gasteiger partial charge < -0.3 is 4.48 Å². The highest BCUT2D eigenvalue weighted by atomic mass is 15.3. The predicted octanol–water partition coefficient (Wildman–Crippen LogP) is 6.72. The average molecular weight is 401 g/mol. The fraction of sp³-hybridized carbons (Fsp3) is 0.379. The van der Waals surface area contributed by atoms with E-state index in [2.05, 4.69) is 97.9 Å². The largest absolute Gasteiger partial charge is 0.323 e. The van der Waals surface area contributed by atoms with Crippen LogP contribution in [0, 0.1) is 0 Å². The van der Waals surface area contributed by atoms with E-state index >= 15 is 0 Å². The van der Waals surface area contributed by atoms with Crippen molar-refractivity contribution >= 4 is 0 Å². The summed E-state index contributed by atoms with van der Waals surface area (Å²) in [6, 6.07) is 33.1. The van der Waals surface area contributed by atoms with Crippen molar-refractivity contribution in [2.45, 2.75) is 45.4 Å². The molecule has 0 fully saturated rings. The van der Waals surface area contributed by atoms with E-state index in [0.717, 1.165) is 19.3 Å². The Bertz CT molecular complexity index is 705. The van der Waals surface area contributed by atoms with E-state index in [9.17, 15) is 0 Å². The summed E-state index contributed by atoms with van der Waals surface area (Å²) in [5, 5.41) is 0. The van der Waals surface area contributed by atoms with Crippen LogP contribution in [0.15, 0.2) is 91.0 Å². The molecule has 0 spiro atoms. The summed E-state index contributed by atoms with van der Waals surface area (Å²) in [5.41, 5.74) is 4.40. The number of hydrogen-bond donors (Lipinski definition) is 0. The summed E-state index contributed by atoms with van der Waals surface area (Å²) < 4.78 is 1.22. The Morgan fingerprint density at radius 1 is 0.467 bits per heavy atom. The first-order valence-corrected chi connectivity index (χ1v) is 11.8. The molecule has 30 heavy (non-hydrogen) atoms. The van der Waals surface area contributed by atoms with Gasteiger partial charge in [0.2, 0.25) is 0 Å². The third-order valence-electron chi connectivity index (χ3n) is 6.39. The topological polar surface area (TPSA) is 0 Å². The molecule has 0 aliphatic heterocycles. The Morgan fingerprint density at radius 2 is 0.833 bits per heavy atom. The van der Waals surface area contributed by atoms with Gasteiger partial charge in [0.15, 0.2) is 0 Å². The molecule has 0 saturated heterocycles. The lowest BCUT2D eigenvalue weighted by atomic mass is 10.0. The maximum Gasteiger partial charge on any atom is 0.0827 e. The Morgan fingerprint density at radius 3 is 1.17 bits per heavy atom. The smallest absolute Gasteiger partial charge is 0.0827 e. The van der Waals surface area contributed by atoms with Gasteiger partial charge in [0.05, 0.1) is 26.2 Å². The van der Waals surface area contributed by atoms with Crippen molar-refractivity contribution in [1.82, 2.24) is 0 Å². The van der Waals surface area contributed by atoms with Gasteiger partial charge in [0.1, 0.15) is 0 Å². The molecule has 3 rings (SSSR count). The van der Waals surface area contributed by atoms with Crippen molar-refractivity contribution in [3.05, 3.63) is 108 Å². The van der Waals surface area contributed by atoms with Gasteiger partial charge in [-0.15, -0.1) is 0 Å². The Balaban J connectivity index is 1.76. The van der Waals surface area contributed by atoms with Crippen LogP contribution in [0.2, 0.25) is 0 Å².